The van der Waals surface area contributed by atoms with E-state index in [4.69, 9.17) is 4.42 Å². The Morgan fingerprint density at radius 3 is 1.85 bits per heavy atom. The van der Waals surface area contributed by atoms with E-state index in [9.17, 15) is 0 Å². The molecule has 0 bridgehead atoms. The third kappa shape index (κ3) is 2.20. The summed E-state index contributed by atoms with van der Waals surface area (Å²) in [5, 5.41) is 9.78. The largest absolute Gasteiger partial charge is 0.455 e. The van der Waals surface area contributed by atoms with Crippen molar-refractivity contribution in [1.29, 1.82) is 0 Å². The van der Waals surface area contributed by atoms with E-state index in [0.29, 0.717) is 0 Å². The van der Waals surface area contributed by atoms with Gasteiger partial charge in [0.2, 0.25) is 0 Å². The molecular formula is C32H19NO. The maximum atomic E-state index is 6.57. The summed E-state index contributed by atoms with van der Waals surface area (Å²) in [6.45, 7) is 0. The Kier molecular flexibility index (Phi) is 3.42. The lowest BCUT2D eigenvalue weighted by molar-refractivity contribution is 0.673. The highest BCUT2D eigenvalue weighted by Crippen LogP contribution is 2.45. The van der Waals surface area contributed by atoms with Gasteiger partial charge in [0.15, 0.2) is 0 Å². The van der Waals surface area contributed by atoms with Crippen molar-refractivity contribution < 1.29 is 4.42 Å². The zero-order valence-electron chi connectivity index (χ0n) is 18.3. The van der Waals surface area contributed by atoms with Crippen LogP contribution in [0.5, 0.6) is 0 Å². The molecule has 2 aromatic heterocycles. The highest BCUT2D eigenvalue weighted by atomic mass is 16.3. The minimum Gasteiger partial charge on any atom is -0.455 e. The topological polar surface area (TPSA) is 18.1 Å². The van der Waals surface area contributed by atoms with Gasteiger partial charge in [0.05, 0.1) is 16.4 Å². The Balaban J connectivity index is 1.77. The first-order valence-electron chi connectivity index (χ1n) is 11.6. The summed E-state index contributed by atoms with van der Waals surface area (Å²) in [7, 11) is 0. The van der Waals surface area contributed by atoms with Crippen LogP contribution >= 0.6 is 0 Å². The van der Waals surface area contributed by atoms with Gasteiger partial charge in [0, 0.05) is 27.2 Å². The van der Waals surface area contributed by atoms with Crippen LogP contribution in [0.1, 0.15) is 0 Å². The van der Waals surface area contributed by atoms with Gasteiger partial charge in [-0.05, 0) is 46.5 Å². The SMILES string of the molecule is c1ccc(-n2c3ccc4c5ccccc5oc4c3c3c4ccccc4c4ccccc4c32)cc1. The zero-order valence-corrected chi connectivity index (χ0v) is 18.3. The fraction of sp³-hybridized carbons (Fsp3) is 0. The van der Waals surface area contributed by atoms with Crippen molar-refractivity contribution in [3.8, 4) is 5.69 Å². The van der Waals surface area contributed by atoms with E-state index in [2.05, 4.69) is 114 Å². The first-order chi connectivity index (χ1) is 16.9. The summed E-state index contributed by atoms with van der Waals surface area (Å²) in [5.74, 6) is 0. The average molecular weight is 434 g/mol. The molecular weight excluding hydrogens is 414 g/mol. The number of rotatable bonds is 1. The molecule has 0 unspecified atom stereocenters. The van der Waals surface area contributed by atoms with E-state index in [1.165, 1.54) is 37.8 Å². The number of para-hydroxylation sites is 2. The van der Waals surface area contributed by atoms with Crippen LogP contribution in [0.2, 0.25) is 0 Å². The molecule has 2 heteroatoms. The molecule has 0 amide bonds. The van der Waals surface area contributed by atoms with Crippen LogP contribution in [-0.4, -0.2) is 4.57 Å². The van der Waals surface area contributed by atoms with Crippen LogP contribution in [0.25, 0.3) is 71.0 Å². The molecule has 0 aliphatic carbocycles. The van der Waals surface area contributed by atoms with Gasteiger partial charge in [0.25, 0.3) is 0 Å². The van der Waals surface area contributed by atoms with Gasteiger partial charge in [-0.25, -0.2) is 0 Å². The Bertz CT molecular complexity index is 2060. The third-order valence-electron chi connectivity index (χ3n) is 7.16. The van der Waals surface area contributed by atoms with E-state index in [-0.39, 0.29) is 0 Å². The molecule has 6 aromatic carbocycles. The highest BCUT2D eigenvalue weighted by molar-refractivity contribution is 6.36. The normalized spacial score (nSPS) is 12.1. The summed E-state index contributed by atoms with van der Waals surface area (Å²) in [4.78, 5) is 0. The number of hydrogen-bond acceptors (Lipinski definition) is 1. The monoisotopic (exact) mass is 433 g/mol. The van der Waals surface area contributed by atoms with Crippen LogP contribution in [0.4, 0.5) is 0 Å². The van der Waals surface area contributed by atoms with Crippen molar-refractivity contribution in [2.75, 3.05) is 0 Å². The molecule has 2 heterocycles. The summed E-state index contributed by atoms with van der Waals surface area (Å²) in [6, 6.07) is 41.0. The van der Waals surface area contributed by atoms with E-state index in [1.54, 1.807) is 0 Å². The third-order valence-corrected chi connectivity index (χ3v) is 7.16. The molecule has 0 spiro atoms. The highest BCUT2D eigenvalue weighted by Gasteiger charge is 2.22. The van der Waals surface area contributed by atoms with E-state index in [1.807, 2.05) is 6.07 Å². The Morgan fingerprint density at radius 1 is 0.441 bits per heavy atom. The standard InChI is InChI=1S/C32H19NO/c1-2-10-20(11-3-1)33-27-19-18-26-23-14-8-9-17-28(23)34-32(26)30(27)29-24-15-6-4-12-21(24)22-13-5-7-16-25(22)31(29)33/h1-19H. The molecule has 0 N–H and O–H groups in total. The van der Waals surface area contributed by atoms with Gasteiger partial charge < -0.3 is 8.98 Å². The van der Waals surface area contributed by atoms with Crippen molar-refractivity contribution in [3.63, 3.8) is 0 Å². The average Bonchev–Trinajstić information content (AvgIpc) is 3.46. The lowest BCUT2D eigenvalue weighted by Gasteiger charge is -2.11. The molecule has 0 radical (unpaired) electrons. The van der Waals surface area contributed by atoms with E-state index in [0.717, 1.165) is 33.1 Å². The van der Waals surface area contributed by atoms with Crippen molar-refractivity contribution in [3.05, 3.63) is 115 Å². The van der Waals surface area contributed by atoms with Gasteiger partial charge >= 0.3 is 0 Å². The number of furan rings is 1. The first-order valence-corrected chi connectivity index (χ1v) is 11.6. The maximum absolute atomic E-state index is 6.57. The van der Waals surface area contributed by atoms with Crippen molar-refractivity contribution in [2.24, 2.45) is 0 Å². The molecule has 34 heavy (non-hydrogen) atoms. The van der Waals surface area contributed by atoms with E-state index >= 15 is 0 Å². The Labute approximate surface area is 195 Å². The second-order valence-electron chi connectivity index (χ2n) is 8.92. The smallest absolute Gasteiger partial charge is 0.145 e. The molecule has 0 atom stereocenters. The predicted molar refractivity (Wildman–Crippen MR) is 143 cm³/mol. The molecule has 0 aliphatic heterocycles. The van der Waals surface area contributed by atoms with Crippen molar-refractivity contribution in [2.45, 2.75) is 0 Å². The van der Waals surface area contributed by atoms with Crippen molar-refractivity contribution >= 4 is 65.3 Å². The minimum atomic E-state index is 0.927. The number of hydrogen-bond donors (Lipinski definition) is 0. The molecule has 0 fully saturated rings. The summed E-state index contributed by atoms with van der Waals surface area (Å²) < 4.78 is 8.98. The van der Waals surface area contributed by atoms with Crippen LogP contribution in [0, 0.1) is 0 Å². The van der Waals surface area contributed by atoms with Crippen LogP contribution in [-0.2, 0) is 0 Å². The first kappa shape index (κ1) is 17.9. The number of benzene rings is 6. The predicted octanol–water partition coefficient (Wildman–Crippen LogP) is 8.99. The second-order valence-corrected chi connectivity index (χ2v) is 8.92. The van der Waals surface area contributed by atoms with Gasteiger partial charge in [-0.2, -0.15) is 0 Å². The van der Waals surface area contributed by atoms with Gasteiger partial charge in [-0.1, -0.05) is 84.9 Å². The second kappa shape index (κ2) is 6.49. The summed E-state index contributed by atoms with van der Waals surface area (Å²) in [6.07, 6.45) is 0. The fourth-order valence-corrected chi connectivity index (χ4v) is 5.78. The molecule has 158 valence electrons. The quantitative estimate of drug-likeness (QED) is 0.236. The molecule has 2 nitrogen and oxygen atoms in total. The molecule has 0 saturated heterocycles. The maximum Gasteiger partial charge on any atom is 0.145 e. The van der Waals surface area contributed by atoms with Crippen molar-refractivity contribution in [1.82, 2.24) is 4.57 Å². The molecule has 0 aliphatic rings. The van der Waals surface area contributed by atoms with E-state index < -0.39 is 0 Å². The van der Waals surface area contributed by atoms with Crippen LogP contribution < -0.4 is 0 Å². The lowest BCUT2D eigenvalue weighted by atomic mass is 9.96. The molecule has 8 rings (SSSR count). The van der Waals surface area contributed by atoms with Crippen LogP contribution in [0.15, 0.2) is 120 Å². The number of aromatic nitrogens is 1. The molecule has 8 aromatic rings. The van der Waals surface area contributed by atoms with Crippen LogP contribution in [0.3, 0.4) is 0 Å². The van der Waals surface area contributed by atoms with Gasteiger partial charge in [0.1, 0.15) is 11.2 Å². The molecule has 0 saturated carbocycles. The fourth-order valence-electron chi connectivity index (χ4n) is 5.78. The van der Waals surface area contributed by atoms with Gasteiger partial charge in [-0.3, -0.25) is 0 Å². The lowest BCUT2D eigenvalue weighted by Crippen LogP contribution is -1.94. The summed E-state index contributed by atoms with van der Waals surface area (Å²) >= 11 is 0. The summed E-state index contributed by atoms with van der Waals surface area (Å²) in [5.41, 5.74) is 5.42. The minimum absolute atomic E-state index is 0.927. The number of fused-ring (bicyclic) bond motifs is 12. The van der Waals surface area contributed by atoms with Gasteiger partial charge in [-0.15, -0.1) is 0 Å². The Hall–Kier alpha value is -4.56. The Morgan fingerprint density at radius 2 is 1.06 bits per heavy atom. The zero-order chi connectivity index (χ0) is 22.2. The number of nitrogens with zero attached hydrogens (tertiary/aromatic N) is 1.